The Bertz CT molecular complexity index is 854. The Labute approximate surface area is 160 Å². The van der Waals surface area contributed by atoms with Gasteiger partial charge in [0.25, 0.3) is 0 Å². The summed E-state index contributed by atoms with van der Waals surface area (Å²) in [7, 11) is 0. The molecule has 1 aromatic heterocycles. The van der Waals surface area contributed by atoms with Crippen molar-refractivity contribution in [3.8, 4) is 11.1 Å². The zero-order valence-electron chi connectivity index (χ0n) is 15.6. The highest BCUT2D eigenvalue weighted by atomic mass is 16.1. The highest BCUT2D eigenvalue weighted by Crippen LogP contribution is 2.24. The van der Waals surface area contributed by atoms with Gasteiger partial charge in [-0.1, -0.05) is 48.5 Å². The molecule has 3 rings (SSSR count). The number of aromatic nitrogens is 2. The normalized spacial score (nSPS) is 11.9. The second-order valence-corrected chi connectivity index (χ2v) is 6.88. The van der Waals surface area contributed by atoms with E-state index in [9.17, 15) is 4.79 Å². The largest absolute Gasteiger partial charge is 0.352 e. The summed E-state index contributed by atoms with van der Waals surface area (Å²) >= 11 is 0. The van der Waals surface area contributed by atoms with Crippen LogP contribution in [0.1, 0.15) is 30.9 Å². The van der Waals surface area contributed by atoms with Crippen molar-refractivity contribution in [2.24, 2.45) is 5.73 Å². The Morgan fingerprint density at radius 1 is 1.19 bits per heavy atom. The van der Waals surface area contributed by atoms with E-state index in [4.69, 9.17) is 5.73 Å². The summed E-state index contributed by atoms with van der Waals surface area (Å²) < 4.78 is 2.04. The Balaban J connectivity index is 1.67. The van der Waals surface area contributed by atoms with Gasteiger partial charge >= 0.3 is 0 Å². The fourth-order valence-electron chi connectivity index (χ4n) is 2.98. The molecular formula is C22H26N4O. The number of imidazole rings is 1. The smallest absolute Gasteiger partial charge is 0.220 e. The van der Waals surface area contributed by atoms with Crippen molar-refractivity contribution in [3.63, 3.8) is 0 Å². The molecule has 0 saturated carbocycles. The van der Waals surface area contributed by atoms with Gasteiger partial charge in [0.05, 0.1) is 6.33 Å². The van der Waals surface area contributed by atoms with Gasteiger partial charge in [0.15, 0.2) is 0 Å². The third-order valence-electron chi connectivity index (χ3n) is 4.51. The molecule has 0 radical (unpaired) electrons. The minimum Gasteiger partial charge on any atom is -0.352 e. The topological polar surface area (TPSA) is 72.9 Å². The van der Waals surface area contributed by atoms with Crippen LogP contribution < -0.4 is 11.1 Å². The Hall–Kier alpha value is -2.92. The predicted molar refractivity (Wildman–Crippen MR) is 108 cm³/mol. The number of carbonyl (C=O) groups excluding carboxylic acids is 1. The minimum atomic E-state index is 0.0396. The number of carbonyl (C=O) groups is 1. The summed E-state index contributed by atoms with van der Waals surface area (Å²) in [6.07, 6.45) is 6.72. The fraction of sp³-hybridized carbons (Fsp3) is 0.273. The molecule has 0 aliphatic rings. The molecule has 0 aliphatic heterocycles. The van der Waals surface area contributed by atoms with Gasteiger partial charge in [-0.25, -0.2) is 4.98 Å². The summed E-state index contributed by atoms with van der Waals surface area (Å²) in [6, 6.07) is 16.7. The fourth-order valence-corrected chi connectivity index (χ4v) is 2.98. The molecule has 1 atom stereocenters. The van der Waals surface area contributed by atoms with Gasteiger partial charge in [0.2, 0.25) is 5.91 Å². The van der Waals surface area contributed by atoms with Crippen LogP contribution in [0.4, 0.5) is 0 Å². The predicted octanol–water partition coefficient (Wildman–Crippen LogP) is 3.34. The molecule has 0 fully saturated rings. The molecule has 3 aromatic rings. The molecule has 140 valence electrons. The van der Waals surface area contributed by atoms with Crippen molar-refractivity contribution in [3.05, 3.63) is 78.4 Å². The molecule has 1 amide bonds. The summed E-state index contributed by atoms with van der Waals surface area (Å²) in [5.74, 6) is 0.0396. The maximum atomic E-state index is 12.0. The summed E-state index contributed by atoms with van der Waals surface area (Å²) in [5, 5.41) is 3.00. The van der Waals surface area contributed by atoms with Crippen molar-refractivity contribution in [2.75, 3.05) is 0 Å². The van der Waals surface area contributed by atoms with Crippen LogP contribution in [0.3, 0.4) is 0 Å². The number of nitrogens with one attached hydrogen (secondary N) is 1. The zero-order valence-corrected chi connectivity index (χ0v) is 15.6. The van der Waals surface area contributed by atoms with Gasteiger partial charge in [-0.2, -0.15) is 0 Å². The monoisotopic (exact) mass is 362 g/mol. The van der Waals surface area contributed by atoms with E-state index in [0.29, 0.717) is 19.4 Å². The van der Waals surface area contributed by atoms with Crippen molar-refractivity contribution >= 4 is 5.91 Å². The standard InChI is InChI=1S/C22H26N4O/c1-17(23)6-11-22(27)25-14-20-4-2-3-5-21(20)19-9-7-18(8-10-19)15-26-13-12-24-16-26/h2-5,7-10,12-13,16-17H,6,11,14-15,23H2,1H3,(H,25,27). The summed E-state index contributed by atoms with van der Waals surface area (Å²) in [6.45, 7) is 3.24. The van der Waals surface area contributed by atoms with Crippen molar-refractivity contribution in [2.45, 2.75) is 38.9 Å². The molecule has 0 saturated heterocycles. The SMILES string of the molecule is CC(N)CCC(=O)NCc1ccccc1-c1ccc(Cn2ccnc2)cc1. The molecule has 0 spiro atoms. The van der Waals surface area contributed by atoms with Crippen LogP contribution in [0.5, 0.6) is 0 Å². The molecule has 5 heteroatoms. The van der Waals surface area contributed by atoms with Gasteiger partial charge in [0, 0.05) is 37.9 Å². The van der Waals surface area contributed by atoms with E-state index in [0.717, 1.165) is 23.2 Å². The van der Waals surface area contributed by atoms with Crippen molar-refractivity contribution in [1.82, 2.24) is 14.9 Å². The number of nitrogens with two attached hydrogens (primary N) is 1. The highest BCUT2D eigenvalue weighted by molar-refractivity contribution is 5.76. The lowest BCUT2D eigenvalue weighted by Crippen LogP contribution is -2.25. The zero-order chi connectivity index (χ0) is 19.1. The van der Waals surface area contributed by atoms with E-state index >= 15 is 0 Å². The summed E-state index contributed by atoms with van der Waals surface area (Å²) in [5.41, 5.74) is 10.3. The first-order valence-electron chi connectivity index (χ1n) is 9.27. The Morgan fingerprint density at radius 2 is 1.96 bits per heavy atom. The van der Waals surface area contributed by atoms with Crippen LogP contribution in [0, 0.1) is 0 Å². The lowest BCUT2D eigenvalue weighted by Gasteiger charge is -2.12. The highest BCUT2D eigenvalue weighted by Gasteiger charge is 2.08. The maximum Gasteiger partial charge on any atom is 0.220 e. The van der Waals surface area contributed by atoms with Crippen LogP contribution in [0.15, 0.2) is 67.3 Å². The first-order valence-corrected chi connectivity index (χ1v) is 9.27. The van der Waals surface area contributed by atoms with E-state index in [1.807, 2.05) is 36.1 Å². The number of hydrogen-bond acceptors (Lipinski definition) is 3. The quantitative estimate of drug-likeness (QED) is 0.645. The number of nitrogens with zero attached hydrogens (tertiary/aromatic N) is 2. The molecule has 3 N–H and O–H groups in total. The molecule has 27 heavy (non-hydrogen) atoms. The van der Waals surface area contributed by atoms with Crippen LogP contribution in [-0.4, -0.2) is 21.5 Å². The average Bonchev–Trinajstić information content (AvgIpc) is 3.18. The van der Waals surface area contributed by atoms with Crippen LogP contribution >= 0.6 is 0 Å². The molecular weight excluding hydrogens is 336 g/mol. The molecule has 0 aliphatic carbocycles. The Kier molecular flexibility index (Phi) is 6.39. The van der Waals surface area contributed by atoms with Gasteiger partial charge in [-0.05, 0) is 35.6 Å². The lowest BCUT2D eigenvalue weighted by atomic mass is 9.98. The molecule has 1 unspecified atom stereocenters. The van der Waals surface area contributed by atoms with Crippen LogP contribution in [-0.2, 0) is 17.9 Å². The molecule has 1 heterocycles. The first kappa shape index (κ1) is 18.9. The number of rotatable bonds is 8. The van der Waals surface area contributed by atoms with E-state index in [2.05, 4.69) is 46.7 Å². The van der Waals surface area contributed by atoms with E-state index in [1.54, 1.807) is 6.20 Å². The second-order valence-electron chi connectivity index (χ2n) is 6.88. The lowest BCUT2D eigenvalue weighted by molar-refractivity contribution is -0.121. The average molecular weight is 362 g/mol. The van der Waals surface area contributed by atoms with E-state index in [1.165, 1.54) is 5.56 Å². The maximum absolute atomic E-state index is 12.0. The third kappa shape index (κ3) is 5.53. The molecule has 2 aromatic carbocycles. The number of amides is 1. The number of benzene rings is 2. The molecule has 0 bridgehead atoms. The van der Waals surface area contributed by atoms with Crippen LogP contribution in [0.2, 0.25) is 0 Å². The minimum absolute atomic E-state index is 0.0396. The van der Waals surface area contributed by atoms with Gasteiger partial charge in [-0.3, -0.25) is 4.79 Å². The number of hydrogen-bond donors (Lipinski definition) is 2. The second kappa shape index (κ2) is 9.14. The van der Waals surface area contributed by atoms with Gasteiger partial charge in [-0.15, -0.1) is 0 Å². The van der Waals surface area contributed by atoms with Crippen LogP contribution in [0.25, 0.3) is 11.1 Å². The van der Waals surface area contributed by atoms with Crippen molar-refractivity contribution in [1.29, 1.82) is 0 Å². The first-order chi connectivity index (χ1) is 13.1. The molecule has 5 nitrogen and oxygen atoms in total. The Morgan fingerprint density at radius 3 is 2.67 bits per heavy atom. The third-order valence-corrected chi connectivity index (χ3v) is 4.51. The van der Waals surface area contributed by atoms with E-state index < -0.39 is 0 Å². The van der Waals surface area contributed by atoms with Gasteiger partial charge < -0.3 is 15.6 Å². The summed E-state index contributed by atoms with van der Waals surface area (Å²) in [4.78, 5) is 16.1. The van der Waals surface area contributed by atoms with Gasteiger partial charge in [0.1, 0.15) is 0 Å². The van der Waals surface area contributed by atoms with Crippen molar-refractivity contribution < 1.29 is 4.79 Å². The van der Waals surface area contributed by atoms with E-state index in [-0.39, 0.29) is 11.9 Å².